The Kier molecular flexibility index (Phi) is 7.21. The van der Waals surface area contributed by atoms with Crippen LogP contribution < -0.4 is 15.6 Å². The van der Waals surface area contributed by atoms with Crippen molar-refractivity contribution >= 4 is 111 Å². The van der Waals surface area contributed by atoms with Gasteiger partial charge in [-0.15, -0.1) is 0 Å². The van der Waals surface area contributed by atoms with Gasteiger partial charge in [0.25, 0.3) is 0 Å². The van der Waals surface area contributed by atoms with Crippen molar-refractivity contribution in [3.63, 3.8) is 0 Å². The van der Waals surface area contributed by atoms with Gasteiger partial charge in [0.2, 0.25) is 5.78 Å². The number of para-hydroxylation sites is 5. The summed E-state index contributed by atoms with van der Waals surface area (Å²) in [6.45, 7) is 2.52. The van der Waals surface area contributed by atoms with Gasteiger partial charge < -0.3 is 4.40 Å². The third-order valence-electron chi connectivity index (χ3n) is 13.4. The summed E-state index contributed by atoms with van der Waals surface area (Å²) in [6, 6.07) is 78.6. The minimum atomic E-state index is -2.47. The van der Waals surface area contributed by atoms with Gasteiger partial charge >= 0.3 is 0 Å². The summed E-state index contributed by atoms with van der Waals surface area (Å²) in [5, 5.41) is 13.9. The Labute approximate surface area is 352 Å². The standard InChI is InChI=1S/C56H38N4Si/c1-61(38-18-4-2-5-19-38,39-20-6-3-7-21-39)40-32-33-51-46(36-40)48-35-37(58-53-30-16-17-31-54(53)60-52-29-15-13-27-49(52)57-56(58)60)34-47-44-25-11-9-23-42(44)41-22-8-10-24-43(41)45-26-12-14-28-50(45)59(51)55(47)48/h2-36H,1H3. The highest BCUT2D eigenvalue weighted by Gasteiger charge is 2.34. The highest BCUT2D eigenvalue weighted by atomic mass is 28.3. The van der Waals surface area contributed by atoms with E-state index in [0.29, 0.717) is 0 Å². The Morgan fingerprint density at radius 3 is 1.48 bits per heavy atom. The fourth-order valence-corrected chi connectivity index (χ4v) is 14.0. The number of nitrogens with zero attached hydrogens (tertiary/aromatic N) is 4. The van der Waals surface area contributed by atoms with E-state index in [9.17, 15) is 0 Å². The van der Waals surface area contributed by atoms with Crippen LogP contribution in [0.15, 0.2) is 212 Å². The SMILES string of the molecule is C[Si](c1ccccc1)(c1ccccc1)c1ccc2c(c1)c1cc(-n3c4ccccc4n4c5ccccc5nc34)cc3c4ccccc4c4ccccc4c4ccccc4n2c31. The van der Waals surface area contributed by atoms with E-state index < -0.39 is 8.07 Å². The molecule has 61 heavy (non-hydrogen) atoms. The number of hydrogen-bond donors (Lipinski definition) is 0. The van der Waals surface area contributed by atoms with Crippen LogP contribution in [0.1, 0.15) is 0 Å². The number of benzene rings is 9. The molecule has 0 radical (unpaired) electrons. The van der Waals surface area contributed by atoms with Gasteiger partial charge in [-0.3, -0.25) is 8.97 Å². The van der Waals surface area contributed by atoms with Crippen LogP contribution >= 0.6 is 0 Å². The molecule has 13 aromatic rings. The van der Waals surface area contributed by atoms with Crippen molar-refractivity contribution in [1.29, 1.82) is 0 Å². The zero-order valence-corrected chi connectivity index (χ0v) is 34.5. The molecular weight excluding hydrogens is 757 g/mol. The van der Waals surface area contributed by atoms with Crippen LogP contribution in [-0.2, 0) is 0 Å². The van der Waals surface area contributed by atoms with Crippen molar-refractivity contribution in [2.75, 3.05) is 0 Å². The number of hydrogen-bond acceptors (Lipinski definition) is 1. The monoisotopic (exact) mass is 794 g/mol. The van der Waals surface area contributed by atoms with Gasteiger partial charge in [-0.05, 0) is 85.6 Å². The van der Waals surface area contributed by atoms with E-state index >= 15 is 0 Å². The zero-order valence-electron chi connectivity index (χ0n) is 33.5. The summed E-state index contributed by atoms with van der Waals surface area (Å²) in [4.78, 5) is 5.34. The summed E-state index contributed by atoms with van der Waals surface area (Å²) >= 11 is 0. The summed E-state index contributed by atoms with van der Waals surface area (Å²) in [5.74, 6) is 0.901. The van der Waals surface area contributed by atoms with Crippen LogP contribution in [0.3, 0.4) is 0 Å². The number of imidazole rings is 2. The normalized spacial score (nSPS) is 12.3. The van der Waals surface area contributed by atoms with Crippen LogP contribution in [0.4, 0.5) is 0 Å². The first-order valence-corrected chi connectivity index (χ1v) is 23.6. The Bertz CT molecular complexity index is 3910. The molecule has 13 rings (SSSR count). The van der Waals surface area contributed by atoms with Crippen molar-refractivity contribution in [3.8, 4) is 5.69 Å². The fourth-order valence-electron chi connectivity index (χ4n) is 10.5. The lowest BCUT2D eigenvalue weighted by Gasteiger charge is -2.29. The fraction of sp³-hybridized carbons (Fsp3) is 0.0179. The topological polar surface area (TPSA) is 26.6 Å². The minimum absolute atomic E-state index is 0.901. The molecule has 0 bridgehead atoms. The van der Waals surface area contributed by atoms with E-state index in [1.807, 2.05) is 0 Å². The van der Waals surface area contributed by atoms with Gasteiger partial charge in [0.15, 0.2) is 0 Å². The summed E-state index contributed by atoms with van der Waals surface area (Å²) in [7, 11) is -2.47. The molecule has 0 saturated carbocycles. The Morgan fingerprint density at radius 2 is 0.820 bits per heavy atom. The molecule has 0 saturated heterocycles. The molecule has 0 atom stereocenters. The minimum Gasteiger partial charge on any atom is -0.308 e. The van der Waals surface area contributed by atoms with Crippen molar-refractivity contribution < 1.29 is 0 Å². The molecule has 286 valence electrons. The molecule has 4 heterocycles. The lowest BCUT2D eigenvalue weighted by Crippen LogP contribution is -2.64. The summed E-state index contributed by atoms with van der Waals surface area (Å²) in [6.07, 6.45) is 0. The number of rotatable bonds is 4. The van der Waals surface area contributed by atoms with Gasteiger partial charge in [-0.25, -0.2) is 4.98 Å². The van der Waals surface area contributed by atoms with Crippen LogP contribution in [0.2, 0.25) is 6.55 Å². The third-order valence-corrected chi connectivity index (χ3v) is 17.8. The second kappa shape index (κ2) is 12.9. The molecular formula is C56H38N4Si. The van der Waals surface area contributed by atoms with E-state index in [1.165, 1.54) is 75.2 Å². The maximum atomic E-state index is 5.34. The maximum Gasteiger partial charge on any atom is 0.220 e. The lowest BCUT2D eigenvalue weighted by molar-refractivity contribution is 1.11. The van der Waals surface area contributed by atoms with E-state index in [1.54, 1.807) is 0 Å². The van der Waals surface area contributed by atoms with Gasteiger partial charge in [-0.2, -0.15) is 0 Å². The second-order valence-corrected chi connectivity index (χ2v) is 20.5. The summed E-state index contributed by atoms with van der Waals surface area (Å²) in [5.41, 5.74) is 8.97. The van der Waals surface area contributed by atoms with Crippen molar-refractivity contribution in [3.05, 3.63) is 212 Å². The van der Waals surface area contributed by atoms with Gasteiger partial charge in [0.05, 0.1) is 44.3 Å². The average Bonchev–Trinajstić information content (AvgIpc) is 3.98. The molecule has 0 N–H and O–H groups in total. The van der Waals surface area contributed by atoms with Crippen molar-refractivity contribution in [1.82, 2.24) is 18.4 Å². The molecule has 4 aromatic heterocycles. The summed E-state index contributed by atoms with van der Waals surface area (Å²) < 4.78 is 7.25. The average molecular weight is 795 g/mol. The van der Waals surface area contributed by atoms with Crippen LogP contribution in [-0.4, -0.2) is 26.4 Å². The molecule has 0 unspecified atom stereocenters. The zero-order chi connectivity index (χ0) is 40.2. The second-order valence-electron chi connectivity index (χ2n) is 16.5. The molecule has 9 aromatic carbocycles. The molecule has 0 aliphatic rings. The van der Waals surface area contributed by atoms with Gasteiger partial charge in [-0.1, -0.05) is 170 Å². The quantitative estimate of drug-likeness (QED) is 0.129. The highest BCUT2D eigenvalue weighted by molar-refractivity contribution is 7.10. The lowest BCUT2D eigenvalue weighted by atomic mass is 10.00. The predicted molar refractivity (Wildman–Crippen MR) is 260 cm³/mol. The highest BCUT2D eigenvalue weighted by Crippen LogP contribution is 2.41. The molecule has 4 nitrogen and oxygen atoms in total. The molecule has 5 heteroatoms. The first-order chi connectivity index (χ1) is 30.2. The predicted octanol–water partition coefficient (Wildman–Crippen LogP) is 12.1. The van der Waals surface area contributed by atoms with E-state index in [-0.39, 0.29) is 0 Å². The first kappa shape index (κ1) is 34.2. The van der Waals surface area contributed by atoms with Crippen LogP contribution in [0.5, 0.6) is 0 Å². The molecule has 0 aliphatic carbocycles. The Hall–Kier alpha value is -7.73. The third kappa shape index (κ3) is 4.78. The molecule has 0 fully saturated rings. The van der Waals surface area contributed by atoms with Crippen molar-refractivity contribution in [2.45, 2.75) is 6.55 Å². The van der Waals surface area contributed by atoms with Gasteiger partial charge in [0, 0.05) is 21.5 Å². The smallest absolute Gasteiger partial charge is 0.220 e. The van der Waals surface area contributed by atoms with Gasteiger partial charge in [0.1, 0.15) is 8.07 Å². The molecule has 0 spiro atoms. The largest absolute Gasteiger partial charge is 0.308 e. The van der Waals surface area contributed by atoms with Crippen molar-refractivity contribution in [2.24, 2.45) is 0 Å². The van der Waals surface area contributed by atoms with Crippen LogP contribution in [0.25, 0.3) is 93.2 Å². The molecule has 0 aliphatic heterocycles. The number of aromatic nitrogens is 4. The van der Waals surface area contributed by atoms with E-state index in [4.69, 9.17) is 4.98 Å². The Balaban J connectivity index is 1.28. The maximum absolute atomic E-state index is 5.34. The van der Waals surface area contributed by atoms with E-state index in [2.05, 4.69) is 232 Å². The van der Waals surface area contributed by atoms with E-state index in [0.717, 1.165) is 33.5 Å². The first-order valence-electron chi connectivity index (χ1n) is 21.1. The Morgan fingerprint density at radius 1 is 0.344 bits per heavy atom. The number of fused-ring (bicyclic) bond motifs is 15. The van der Waals surface area contributed by atoms with Crippen LogP contribution in [0, 0.1) is 0 Å². The molecule has 0 amide bonds.